The van der Waals surface area contributed by atoms with Crippen LogP contribution in [0.2, 0.25) is 0 Å². The molecule has 0 spiro atoms. The van der Waals surface area contributed by atoms with Gasteiger partial charge < -0.3 is 9.80 Å². The highest BCUT2D eigenvalue weighted by Gasteiger charge is 2.60. The number of nitrogens with zero attached hydrogens (tertiary/aromatic N) is 2. The van der Waals surface area contributed by atoms with Gasteiger partial charge in [0.1, 0.15) is 0 Å². The van der Waals surface area contributed by atoms with Crippen molar-refractivity contribution >= 4 is 11.8 Å². The summed E-state index contributed by atoms with van der Waals surface area (Å²) in [5.41, 5.74) is 1.46. The number of likely N-dealkylation sites (tertiary alicyclic amines) is 2. The molecule has 2 aliphatic heterocycles. The van der Waals surface area contributed by atoms with Crippen molar-refractivity contribution in [3.8, 4) is 0 Å². The normalized spacial score (nSPS) is 44.0. The van der Waals surface area contributed by atoms with Gasteiger partial charge >= 0.3 is 0 Å². The minimum atomic E-state index is 0.0597. The molecule has 0 aromatic heterocycles. The van der Waals surface area contributed by atoms with E-state index in [9.17, 15) is 9.59 Å². The van der Waals surface area contributed by atoms with Crippen molar-refractivity contribution in [2.75, 3.05) is 20.1 Å². The fraction of sp³-hybridized carbons (Fsp3) is 0.846. The first-order valence-electron chi connectivity index (χ1n) is 12.6. The number of amides is 2. The van der Waals surface area contributed by atoms with Crippen LogP contribution in [-0.2, 0) is 9.59 Å². The predicted octanol–water partition coefficient (Wildman–Crippen LogP) is 4.79. The van der Waals surface area contributed by atoms with Gasteiger partial charge in [0.05, 0.1) is 0 Å². The molecule has 4 heteroatoms. The van der Waals surface area contributed by atoms with Gasteiger partial charge in [-0.3, -0.25) is 9.59 Å². The van der Waals surface area contributed by atoms with Crippen molar-refractivity contribution < 1.29 is 9.59 Å². The molecule has 0 unspecified atom stereocenters. The molecule has 166 valence electrons. The number of allylic oxidation sites excluding steroid dienone is 1. The van der Waals surface area contributed by atoms with Gasteiger partial charge in [-0.2, -0.15) is 0 Å². The fourth-order valence-corrected chi connectivity index (χ4v) is 8.49. The average Bonchev–Trinajstić information content (AvgIpc) is 2.90. The summed E-state index contributed by atoms with van der Waals surface area (Å²) in [5, 5.41) is 0. The van der Waals surface area contributed by atoms with E-state index < -0.39 is 0 Å². The first-order valence-corrected chi connectivity index (χ1v) is 12.6. The van der Waals surface area contributed by atoms with E-state index in [1.807, 2.05) is 7.05 Å². The smallest absolute Gasteiger partial charge is 0.250 e. The summed E-state index contributed by atoms with van der Waals surface area (Å²) in [6.07, 6.45) is 14.8. The maximum absolute atomic E-state index is 13.6. The Morgan fingerprint density at radius 2 is 1.73 bits per heavy atom. The lowest BCUT2D eigenvalue weighted by Gasteiger charge is -2.61. The summed E-state index contributed by atoms with van der Waals surface area (Å²) in [4.78, 5) is 30.2. The van der Waals surface area contributed by atoms with E-state index in [0.717, 1.165) is 57.2 Å². The van der Waals surface area contributed by atoms with E-state index in [2.05, 4.69) is 29.7 Å². The van der Waals surface area contributed by atoms with Crippen molar-refractivity contribution in [3.05, 3.63) is 11.6 Å². The Balaban J connectivity index is 1.37. The summed E-state index contributed by atoms with van der Waals surface area (Å²) < 4.78 is 0. The number of hydrogen-bond donors (Lipinski definition) is 0. The summed E-state index contributed by atoms with van der Waals surface area (Å²) in [6.45, 7) is 6.78. The Hall–Kier alpha value is -1.32. The van der Waals surface area contributed by atoms with E-state index in [-0.39, 0.29) is 10.8 Å². The molecule has 2 amide bonds. The van der Waals surface area contributed by atoms with Gasteiger partial charge in [-0.15, -0.1) is 0 Å². The highest BCUT2D eigenvalue weighted by molar-refractivity contribution is 5.95. The lowest BCUT2D eigenvalue weighted by Crippen LogP contribution is -2.61. The number of carbonyl (C=O) groups excluding carboxylic acids is 2. The molecular formula is C26H40N2O2. The Morgan fingerprint density at radius 1 is 1.00 bits per heavy atom. The summed E-state index contributed by atoms with van der Waals surface area (Å²) in [7, 11) is 2.03. The number of hydrogen-bond acceptors (Lipinski definition) is 2. The molecule has 0 bridgehead atoms. The van der Waals surface area contributed by atoms with Crippen LogP contribution in [0.25, 0.3) is 0 Å². The van der Waals surface area contributed by atoms with Gasteiger partial charge in [-0.25, -0.2) is 0 Å². The second-order valence-corrected chi connectivity index (χ2v) is 11.5. The molecule has 0 aromatic rings. The molecule has 2 saturated carbocycles. The average molecular weight is 413 g/mol. The minimum absolute atomic E-state index is 0.0597. The molecule has 4 fully saturated rings. The number of rotatable bonds is 1. The van der Waals surface area contributed by atoms with Crippen molar-refractivity contribution in [2.45, 2.75) is 90.5 Å². The topological polar surface area (TPSA) is 40.6 Å². The van der Waals surface area contributed by atoms with Crippen LogP contribution in [-0.4, -0.2) is 47.8 Å². The van der Waals surface area contributed by atoms with Crippen LogP contribution in [0.15, 0.2) is 11.6 Å². The standard InChI is InChI=1S/C26H40N2O2/c1-25-14-12-20-18(8-11-22-26(20,2)15-13-23(29)27(22)3)19(25)9-10-21(25)24(30)28-16-6-4-5-7-17-28/h10,18-20,22H,4-9,11-17H2,1-3H3/t18-,19-,20-,22+,25-,26+/m0/s1. The second kappa shape index (κ2) is 7.38. The molecule has 3 aliphatic carbocycles. The summed E-state index contributed by atoms with van der Waals surface area (Å²) in [5.74, 6) is 2.71. The maximum Gasteiger partial charge on any atom is 0.250 e. The van der Waals surface area contributed by atoms with Crippen molar-refractivity contribution in [3.63, 3.8) is 0 Å². The molecule has 2 heterocycles. The zero-order valence-corrected chi connectivity index (χ0v) is 19.3. The van der Waals surface area contributed by atoms with Crippen molar-refractivity contribution in [1.29, 1.82) is 0 Å². The lowest BCUT2D eigenvalue weighted by molar-refractivity contribution is -0.157. The van der Waals surface area contributed by atoms with Gasteiger partial charge in [0.25, 0.3) is 0 Å². The van der Waals surface area contributed by atoms with Gasteiger partial charge in [0.15, 0.2) is 0 Å². The van der Waals surface area contributed by atoms with Crippen LogP contribution in [0.5, 0.6) is 0 Å². The first kappa shape index (κ1) is 20.6. The monoisotopic (exact) mass is 412 g/mol. The third-order valence-electron chi connectivity index (χ3n) is 10.3. The molecule has 0 radical (unpaired) electrons. The third-order valence-corrected chi connectivity index (χ3v) is 10.3. The minimum Gasteiger partial charge on any atom is -0.342 e. The molecular weight excluding hydrogens is 372 g/mol. The Bertz CT molecular complexity index is 752. The molecule has 4 nitrogen and oxygen atoms in total. The quantitative estimate of drug-likeness (QED) is 0.621. The lowest BCUT2D eigenvalue weighted by atomic mass is 9.47. The van der Waals surface area contributed by atoms with Crippen LogP contribution >= 0.6 is 0 Å². The Kier molecular flexibility index (Phi) is 5.06. The predicted molar refractivity (Wildman–Crippen MR) is 119 cm³/mol. The zero-order valence-electron chi connectivity index (χ0n) is 19.3. The number of fused-ring (bicyclic) bond motifs is 5. The van der Waals surface area contributed by atoms with E-state index >= 15 is 0 Å². The molecule has 2 saturated heterocycles. The SMILES string of the molecule is CN1C(=O)CC[C@]2(C)[C@H]3CC[C@]4(C)C(C(=O)N5CCCCCC5)=CC[C@H]4[C@@H]3CC[C@@H]12. The number of carbonyl (C=O) groups is 2. The second-order valence-electron chi connectivity index (χ2n) is 11.5. The van der Waals surface area contributed by atoms with Crippen molar-refractivity contribution in [1.82, 2.24) is 9.80 Å². The van der Waals surface area contributed by atoms with Gasteiger partial charge in [-0.1, -0.05) is 32.8 Å². The summed E-state index contributed by atoms with van der Waals surface area (Å²) in [6, 6.07) is 0.414. The van der Waals surface area contributed by atoms with E-state index in [1.165, 1.54) is 25.7 Å². The summed E-state index contributed by atoms with van der Waals surface area (Å²) >= 11 is 0. The fourth-order valence-electron chi connectivity index (χ4n) is 8.49. The molecule has 5 aliphatic rings. The molecule has 30 heavy (non-hydrogen) atoms. The largest absolute Gasteiger partial charge is 0.342 e. The molecule has 0 N–H and O–H groups in total. The van der Waals surface area contributed by atoms with Crippen LogP contribution in [0, 0.1) is 28.6 Å². The molecule has 6 atom stereocenters. The Labute approximate surface area is 182 Å². The van der Waals surface area contributed by atoms with Crippen LogP contribution in [0.3, 0.4) is 0 Å². The van der Waals surface area contributed by atoms with Gasteiger partial charge in [0, 0.05) is 43.6 Å². The number of piperidine rings is 1. The van der Waals surface area contributed by atoms with Crippen LogP contribution in [0.4, 0.5) is 0 Å². The third kappa shape index (κ3) is 2.92. The van der Waals surface area contributed by atoms with Crippen LogP contribution < -0.4 is 0 Å². The highest BCUT2D eigenvalue weighted by atomic mass is 16.2. The van der Waals surface area contributed by atoms with Crippen molar-refractivity contribution in [2.24, 2.45) is 28.6 Å². The van der Waals surface area contributed by atoms with Gasteiger partial charge in [0.2, 0.25) is 11.8 Å². The van der Waals surface area contributed by atoms with E-state index in [1.54, 1.807) is 0 Å². The Morgan fingerprint density at radius 3 is 2.47 bits per heavy atom. The molecule has 0 aromatic carbocycles. The zero-order chi connectivity index (χ0) is 21.1. The maximum atomic E-state index is 13.6. The van der Waals surface area contributed by atoms with Crippen LogP contribution in [0.1, 0.15) is 84.5 Å². The first-order chi connectivity index (χ1) is 14.4. The highest BCUT2D eigenvalue weighted by Crippen LogP contribution is 2.64. The molecule has 5 rings (SSSR count). The van der Waals surface area contributed by atoms with Gasteiger partial charge in [-0.05, 0) is 74.5 Å². The van der Waals surface area contributed by atoms with E-state index in [4.69, 9.17) is 0 Å². The van der Waals surface area contributed by atoms with E-state index in [0.29, 0.717) is 42.0 Å².